The molecular weight excluding hydrogens is 252 g/mol. The van der Waals surface area contributed by atoms with E-state index in [9.17, 15) is 0 Å². The molecule has 1 aliphatic heterocycles. The lowest BCUT2D eigenvalue weighted by Gasteiger charge is -2.18. The third kappa shape index (κ3) is 2.29. The van der Waals surface area contributed by atoms with Crippen LogP contribution in [0.25, 0.3) is 0 Å². The van der Waals surface area contributed by atoms with Crippen LogP contribution < -0.4 is 15.2 Å². The Bertz CT molecular complexity index is 666. The Hall–Kier alpha value is -2.23. The highest BCUT2D eigenvalue weighted by Crippen LogP contribution is 2.43. The normalized spacial score (nSPS) is 15.6. The van der Waals surface area contributed by atoms with Gasteiger partial charge in [-0.15, -0.1) is 0 Å². The molecule has 4 heteroatoms. The smallest absolute Gasteiger partial charge is 0.243 e. The van der Waals surface area contributed by atoms with Crippen molar-refractivity contribution in [3.8, 4) is 17.4 Å². The van der Waals surface area contributed by atoms with Gasteiger partial charge in [0.1, 0.15) is 5.60 Å². The number of hydrogen-bond acceptors (Lipinski definition) is 4. The number of ether oxygens (including phenoxy) is 2. The predicted molar refractivity (Wildman–Crippen MR) is 78.3 cm³/mol. The summed E-state index contributed by atoms with van der Waals surface area (Å²) in [7, 11) is 0. The molecular formula is C16H18N2O2. The van der Waals surface area contributed by atoms with Gasteiger partial charge in [-0.05, 0) is 39.0 Å². The van der Waals surface area contributed by atoms with E-state index >= 15 is 0 Å². The summed E-state index contributed by atoms with van der Waals surface area (Å²) >= 11 is 0. The Labute approximate surface area is 118 Å². The minimum absolute atomic E-state index is 0.201. The number of nitrogens with two attached hydrogens (primary N) is 1. The number of anilines is 1. The van der Waals surface area contributed by atoms with Gasteiger partial charge in [-0.2, -0.15) is 0 Å². The van der Waals surface area contributed by atoms with E-state index in [-0.39, 0.29) is 5.60 Å². The molecule has 0 aliphatic carbocycles. The van der Waals surface area contributed by atoms with Crippen LogP contribution in [0.4, 0.5) is 5.69 Å². The van der Waals surface area contributed by atoms with E-state index in [4.69, 9.17) is 15.2 Å². The van der Waals surface area contributed by atoms with Gasteiger partial charge in [-0.25, -0.2) is 4.98 Å². The summed E-state index contributed by atoms with van der Waals surface area (Å²) in [5, 5.41) is 0. The molecule has 0 bridgehead atoms. The summed E-state index contributed by atoms with van der Waals surface area (Å²) in [4.78, 5) is 4.33. The Morgan fingerprint density at radius 3 is 2.85 bits per heavy atom. The van der Waals surface area contributed by atoms with Crippen LogP contribution in [0, 0.1) is 6.92 Å². The molecule has 1 aromatic heterocycles. The molecule has 0 unspecified atom stereocenters. The van der Waals surface area contributed by atoms with Crippen molar-refractivity contribution in [3.63, 3.8) is 0 Å². The molecule has 2 N–H and O–H groups in total. The van der Waals surface area contributed by atoms with E-state index in [1.54, 1.807) is 6.07 Å². The number of aryl methyl sites for hydroxylation is 1. The first-order valence-electron chi connectivity index (χ1n) is 6.66. The van der Waals surface area contributed by atoms with Crippen molar-refractivity contribution in [3.05, 3.63) is 41.6 Å². The van der Waals surface area contributed by atoms with Crippen molar-refractivity contribution in [2.45, 2.75) is 32.8 Å². The number of hydrogen-bond donors (Lipinski definition) is 1. The lowest BCUT2D eigenvalue weighted by Crippen LogP contribution is -2.24. The molecule has 1 aromatic carbocycles. The maximum atomic E-state index is 5.97. The van der Waals surface area contributed by atoms with Gasteiger partial charge in [0, 0.05) is 17.7 Å². The molecule has 2 heterocycles. The third-order valence-electron chi connectivity index (χ3n) is 3.29. The van der Waals surface area contributed by atoms with E-state index in [1.807, 2.05) is 25.1 Å². The van der Waals surface area contributed by atoms with E-state index in [0.717, 1.165) is 23.4 Å². The molecule has 1 aliphatic rings. The summed E-state index contributed by atoms with van der Waals surface area (Å²) in [6.45, 7) is 6.04. The zero-order valence-electron chi connectivity index (χ0n) is 11.9. The molecule has 0 radical (unpaired) electrons. The fourth-order valence-corrected chi connectivity index (χ4v) is 2.40. The van der Waals surface area contributed by atoms with Crippen LogP contribution in [-0.4, -0.2) is 10.6 Å². The second-order valence-electron chi connectivity index (χ2n) is 5.73. The van der Waals surface area contributed by atoms with Crippen LogP contribution in [0.1, 0.15) is 25.1 Å². The van der Waals surface area contributed by atoms with Crippen molar-refractivity contribution in [2.75, 3.05) is 5.73 Å². The molecule has 0 saturated heterocycles. The van der Waals surface area contributed by atoms with Gasteiger partial charge in [0.05, 0.1) is 5.69 Å². The van der Waals surface area contributed by atoms with Gasteiger partial charge in [0.15, 0.2) is 11.5 Å². The average molecular weight is 270 g/mol. The lowest BCUT2D eigenvalue weighted by atomic mass is 10.0. The Kier molecular flexibility index (Phi) is 2.82. The van der Waals surface area contributed by atoms with Crippen molar-refractivity contribution in [1.82, 2.24) is 4.98 Å². The molecule has 0 spiro atoms. The second-order valence-corrected chi connectivity index (χ2v) is 5.73. The Morgan fingerprint density at radius 2 is 2.05 bits per heavy atom. The zero-order chi connectivity index (χ0) is 14.3. The van der Waals surface area contributed by atoms with E-state index in [1.165, 1.54) is 0 Å². The highest BCUT2D eigenvalue weighted by molar-refractivity contribution is 5.55. The highest BCUT2D eigenvalue weighted by atomic mass is 16.5. The van der Waals surface area contributed by atoms with Crippen LogP contribution >= 0.6 is 0 Å². The van der Waals surface area contributed by atoms with Crippen LogP contribution in [-0.2, 0) is 6.42 Å². The SMILES string of the molecule is Cc1ccc(N)c(Oc2cccc3c2OC(C)(C)C3)n1. The van der Waals surface area contributed by atoms with Gasteiger partial charge in [0.25, 0.3) is 0 Å². The highest BCUT2D eigenvalue weighted by Gasteiger charge is 2.32. The fourth-order valence-electron chi connectivity index (χ4n) is 2.40. The summed E-state index contributed by atoms with van der Waals surface area (Å²) in [6, 6.07) is 9.56. The van der Waals surface area contributed by atoms with Crippen molar-refractivity contribution in [2.24, 2.45) is 0 Å². The first-order valence-corrected chi connectivity index (χ1v) is 6.66. The van der Waals surface area contributed by atoms with Gasteiger partial charge in [0.2, 0.25) is 5.88 Å². The van der Waals surface area contributed by atoms with Crippen LogP contribution in [0.2, 0.25) is 0 Å². The van der Waals surface area contributed by atoms with E-state index in [2.05, 4.69) is 24.9 Å². The van der Waals surface area contributed by atoms with E-state index < -0.39 is 0 Å². The van der Waals surface area contributed by atoms with Gasteiger partial charge < -0.3 is 15.2 Å². The summed E-state index contributed by atoms with van der Waals surface area (Å²) in [6.07, 6.45) is 0.871. The minimum Gasteiger partial charge on any atom is -0.483 e. The largest absolute Gasteiger partial charge is 0.483 e. The summed E-state index contributed by atoms with van der Waals surface area (Å²) in [5.74, 6) is 1.88. The summed E-state index contributed by atoms with van der Waals surface area (Å²) < 4.78 is 11.8. The fraction of sp³-hybridized carbons (Fsp3) is 0.312. The third-order valence-corrected chi connectivity index (χ3v) is 3.29. The van der Waals surface area contributed by atoms with Gasteiger partial charge >= 0.3 is 0 Å². The van der Waals surface area contributed by atoms with Crippen molar-refractivity contribution in [1.29, 1.82) is 0 Å². The maximum absolute atomic E-state index is 5.97. The number of nitrogens with zero attached hydrogens (tertiary/aromatic N) is 1. The zero-order valence-corrected chi connectivity index (χ0v) is 11.9. The van der Waals surface area contributed by atoms with Gasteiger partial charge in [-0.3, -0.25) is 0 Å². The van der Waals surface area contributed by atoms with Crippen LogP contribution in [0.15, 0.2) is 30.3 Å². The molecule has 4 nitrogen and oxygen atoms in total. The number of pyridine rings is 1. The molecule has 0 saturated carbocycles. The molecule has 20 heavy (non-hydrogen) atoms. The molecule has 3 rings (SSSR count). The van der Waals surface area contributed by atoms with Crippen LogP contribution in [0.3, 0.4) is 0 Å². The maximum Gasteiger partial charge on any atom is 0.243 e. The molecule has 0 amide bonds. The Balaban J connectivity index is 1.97. The van der Waals surface area contributed by atoms with E-state index in [0.29, 0.717) is 17.3 Å². The lowest BCUT2D eigenvalue weighted by molar-refractivity contribution is 0.135. The average Bonchev–Trinajstić information content (AvgIpc) is 2.69. The minimum atomic E-state index is -0.201. The number of nitrogen functional groups attached to an aromatic ring is 1. The first-order chi connectivity index (χ1) is 9.44. The number of rotatable bonds is 2. The number of para-hydroxylation sites is 1. The Morgan fingerprint density at radius 1 is 1.25 bits per heavy atom. The number of aromatic nitrogens is 1. The molecule has 104 valence electrons. The van der Waals surface area contributed by atoms with Crippen molar-refractivity contribution < 1.29 is 9.47 Å². The summed E-state index contributed by atoms with van der Waals surface area (Å²) in [5.41, 5.74) is 8.24. The second kappa shape index (κ2) is 4.40. The molecule has 2 aromatic rings. The first kappa shape index (κ1) is 12.8. The van der Waals surface area contributed by atoms with Crippen LogP contribution in [0.5, 0.6) is 17.4 Å². The monoisotopic (exact) mass is 270 g/mol. The number of benzene rings is 1. The standard InChI is InChI=1S/C16H18N2O2/c1-10-7-8-12(17)15(18-10)19-13-6-4-5-11-9-16(2,3)20-14(11)13/h4-8H,9,17H2,1-3H3. The quantitative estimate of drug-likeness (QED) is 0.907. The van der Waals surface area contributed by atoms with Gasteiger partial charge in [-0.1, -0.05) is 12.1 Å². The topological polar surface area (TPSA) is 57.4 Å². The number of fused-ring (bicyclic) bond motifs is 1. The predicted octanol–water partition coefficient (Wildman–Crippen LogP) is 3.48. The molecule has 0 fully saturated rings. The van der Waals surface area contributed by atoms with Crippen molar-refractivity contribution >= 4 is 5.69 Å². The molecule has 0 atom stereocenters.